The second kappa shape index (κ2) is 6.59. The quantitative estimate of drug-likeness (QED) is 0.887. The highest BCUT2D eigenvalue weighted by atomic mass is 35.5. The van der Waals surface area contributed by atoms with Crippen molar-refractivity contribution in [1.82, 2.24) is 0 Å². The Balaban J connectivity index is 2.02. The van der Waals surface area contributed by atoms with Gasteiger partial charge < -0.3 is 10.6 Å². The lowest BCUT2D eigenvalue weighted by Gasteiger charge is -2.16. The Hall–Kier alpha value is -2.07. The average Bonchev–Trinajstić information content (AvgIpc) is 2.41. The van der Waals surface area contributed by atoms with Gasteiger partial charge in [0.05, 0.1) is 10.7 Å². The van der Waals surface area contributed by atoms with Crippen LogP contribution in [-0.4, -0.2) is 11.9 Å². The summed E-state index contributed by atoms with van der Waals surface area (Å²) in [5.74, 6) is -0.686. The lowest BCUT2D eigenvalue weighted by Crippen LogP contribution is -2.31. The van der Waals surface area contributed by atoms with Crippen molar-refractivity contribution >= 4 is 28.9 Å². The van der Waals surface area contributed by atoms with Crippen molar-refractivity contribution in [1.29, 1.82) is 0 Å². The molecule has 0 spiro atoms. The molecule has 0 aliphatic rings. The number of nitrogens with one attached hydrogen (secondary N) is 2. The molecule has 2 aromatic rings. The Morgan fingerprint density at radius 3 is 2.67 bits per heavy atom. The zero-order valence-corrected chi connectivity index (χ0v) is 12.5. The van der Waals surface area contributed by atoms with Gasteiger partial charge in [-0.05, 0) is 49.7 Å². The zero-order chi connectivity index (χ0) is 15.4. The van der Waals surface area contributed by atoms with Gasteiger partial charge in [-0.3, -0.25) is 4.79 Å². The third-order valence-electron chi connectivity index (χ3n) is 2.98. The van der Waals surface area contributed by atoms with E-state index in [1.165, 1.54) is 12.1 Å². The van der Waals surface area contributed by atoms with E-state index in [1.807, 2.05) is 31.2 Å². The van der Waals surface area contributed by atoms with Crippen molar-refractivity contribution in [3.8, 4) is 0 Å². The van der Waals surface area contributed by atoms with Gasteiger partial charge in [0.1, 0.15) is 11.9 Å². The normalized spacial score (nSPS) is 11.8. The molecule has 0 heterocycles. The number of amides is 1. The minimum Gasteiger partial charge on any atom is -0.374 e. The van der Waals surface area contributed by atoms with E-state index in [2.05, 4.69) is 10.6 Å². The van der Waals surface area contributed by atoms with Crippen LogP contribution >= 0.6 is 11.6 Å². The fourth-order valence-electron chi connectivity index (χ4n) is 1.88. The molecule has 21 heavy (non-hydrogen) atoms. The molecule has 110 valence electrons. The summed E-state index contributed by atoms with van der Waals surface area (Å²) >= 11 is 5.88. The van der Waals surface area contributed by atoms with Crippen molar-refractivity contribution in [2.45, 2.75) is 19.9 Å². The molecule has 0 saturated carbocycles. The molecular weight excluding hydrogens is 291 g/mol. The van der Waals surface area contributed by atoms with E-state index in [4.69, 9.17) is 11.6 Å². The lowest BCUT2D eigenvalue weighted by atomic mass is 10.2. The predicted molar refractivity (Wildman–Crippen MR) is 84.3 cm³/mol. The highest BCUT2D eigenvalue weighted by Crippen LogP contribution is 2.22. The maximum atomic E-state index is 13.0. The second-order valence-electron chi connectivity index (χ2n) is 4.85. The first-order valence-electron chi connectivity index (χ1n) is 6.55. The molecule has 2 aromatic carbocycles. The Bertz CT molecular complexity index is 660. The molecule has 0 aromatic heterocycles. The van der Waals surface area contributed by atoms with Gasteiger partial charge in [0.15, 0.2) is 0 Å². The summed E-state index contributed by atoms with van der Waals surface area (Å²) in [4.78, 5) is 12.1. The summed E-state index contributed by atoms with van der Waals surface area (Å²) in [5, 5.41) is 5.95. The molecule has 0 radical (unpaired) electrons. The van der Waals surface area contributed by atoms with Gasteiger partial charge >= 0.3 is 0 Å². The van der Waals surface area contributed by atoms with Gasteiger partial charge in [-0.2, -0.15) is 0 Å². The molecule has 0 saturated heterocycles. The summed E-state index contributed by atoms with van der Waals surface area (Å²) in [7, 11) is 0. The molecule has 3 nitrogen and oxygen atoms in total. The summed E-state index contributed by atoms with van der Waals surface area (Å²) in [6.07, 6.45) is 0. The molecule has 0 fully saturated rings. The van der Waals surface area contributed by atoms with Gasteiger partial charge in [-0.1, -0.05) is 23.7 Å². The summed E-state index contributed by atoms with van der Waals surface area (Å²) in [6.45, 7) is 3.73. The number of carbonyl (C=O) groups excluding carboxylic acids is 1. The molecule has 1 amide bonds. The minimum atomic E-state index is -0.451. The fourth-order valence-corrected chi connectivity index (χ4v) is 2.10. The summed E-state index contributed by atoms with van der Waals surface area (Å²) in [5.41, 5.74) is 2.36. The molecular formula is C16H16ClFN2O. The third kappa shape index (κ3) is 4.20. The Kier molecular flexibility index (Phi) is 4.81. The number of rotatable bonds is 4. The molecule has 0 aliphatic heterocycles. The largest absolute Gasteiger partial charge is 0.374 e. The molecule has 2 N–H and O–H groups in total. The maximum Gasteiger partial charge on any atom is 0.246 e. The fraction of sp³-hybridized carbons (Fsp3) is 0.188. The van der Waals surface area contributed by atoms with Gasteiger partial charge in [-0.25, -0.2) is 4.39 Å². The van der Waals surface area contributed by atoms with Crippen molar-refractivity contribution in [3.63, 3.8) is 0 Å². The van der Waals surface area contributed by atoms with Crippen LogP contribution in [0.2, 0.25) is 5.02 Å². The molecule has 0 aliphatic carbocycles. The minimum absolute atomic E-state index is 0.172. The van der Waals surface area contributed by atoms with Gasteiger partial charge in [-0.15, -0.1) is 0 Å². The van der Waals surface area contributed by atoms with E-state index in [-0.39, 0.29) is 10.9 Å². The average molecular weight is 307 g/mol. The van der Waals surface area contributed by atoms with Gasteiger partial charge in [0.25, 0.3) is 0 Å². The number of benzene rings is 2. The zero-order valence-electron chi connectivity index (χ0n) is 11.8. The first-order chi connectivity index (χ1) is 9.95. The third-order valence-corrected chi connectivity index (χ3v) is 3.30. The van der Waals surface area contributed by atoms with Crippen LogP contribution in [0.5, 0.6) is 0 Å². The molecule has 0 bridgehead atoms. The smallest absolute Gasteiger partial charge is 0.246 e. The topological polar surface area (TPSA) is 41.1 Å². The van der Waals surface area contributed by atoms with Crippen LogP contribution in [0.4, 0.5) is 15.8 Å². The molecule has 5 heteroatoms. The van der Waals surface area contributed by atoms with Crippen LogP contribution in [0.15, 0.2) is 42.5 Å². The van der Waals surface area contributed by atoms with E-state index in [0.29, 0.717) is 5.69 Å². The number of halogens is 2. The predicted octanol–water partition coefficient (Wildman–Crippen LogP) is 4.23. The van der Waals surface area contributed by atoms with E-state index >= 15 is 0 Å². The van der Waals surface area contributed by atoms with E-state index in [1.54, 1.807) is 6.92 Å². The summed E-state index contributed by atoms with van der Waals surface area (Å²) < 4.78 is 13.0. The number of hydrogen-bond acceptors (Lipinski definition) is 2. The highest BCUT2D eigenvalue weighted by Gasteiger charge is 2.14. The van der Waals surface area contributed by atoms with Crippen LogP contribution in [0, 0.1) is 12.7 Å². The number of carbonyl (C=O) groups is 1. The molecule has 0 unspecified atom stereocenters. The highest BCUT2D eigenvalue weighted by molar-refractivity contribution is 6.33. The first kappa shape index (κ1) is 15.3. The Morgan fingerprint density at radius 2 is 2.00 bits per heavy atom. The number of hydrogen-bond donors (Lipinski definition) is 2. The van der Waals surface area contributed by atoms with Crippen LogP contribution in [0.25, 0.3) is 0 Å². The molecule has 2 rings (SSSR count). The van der Waals surface area contributed by atoms with Crippen LogP contribution in [-0.2, 0) is 4.79 Å². The van der Waals surface area contributed by atoms with Gasteiger partial charge in [0.2, 0.25) is 5.91 Å². The van der Waals surface area contributed by atoms with Gasteiger partial charge in [0, 0.05) is 5.69 Å². The monoisotopic (exact) mass is 306 g/mol. The number of aryl methyl sites for hydroxylation is 1. The Morgan fingerprint density at radius 1 is 1.24 bits per heavy atom. The van der Waals surface area contributed by atoms with Crippen LogP contribution in [0.3, 0.4) is 0 Å². The Labute approximate surface area is 128 Å². The standard InChI is InChI=1S/C16H16ClFN2O/c1-10-4-3-5-13(8-10)19-11(2)16(21)20-15-7-6-12(18)9-14(15)17/h3-9,11,19H,1-2H3,(H,20,21)/t11-/m1/s1. The van der Waals surface area contributed by atoms with Crippen molar-refractivity contribution in [2.24, 2.45) is 0 Å². The van der Waals surface area contributed by atoms with E-state index < -0.39 is 11.9 Å². The lowest BCUT2D eigenvalue weighted by molar-refractivity contribution is -0.116. The van der Waals surface area contributed by atoms with E-state index in [0.717, 1.165) is 17.3 Å². The van der Waals surface area contributed by atoms with Crippen LogP contribution in [0.1, 0.15) is 12.5 Å². The van der Waals surface area contributed by atoms with Crippen molar-refractivity contribution < 1.29 is 9.18 Å². The molecule has 1 atom stereocenters. The SMILES string of the molecule is Cc1cccc(N[C@H](C)C(=O)Nc2ccc(F)cc2Cl)c1. The first-order valence-corrected chi connectivity index (χ1v) is 6.92. The summed E-state index contributed by atoms with van der Waals surface area (Å²) in [6, 6.07) is 11.1. The van der Waals surface area contributed by atoms with E-state index in [9.17, 15) is 9.18 Å². The maximum absolute atomic E-state index is 13.0. The van der Waals surface area contributed by atoms with Crippen LogP contribution < -0.4 is 10.6 Å². The number of anilines is 2. The second-order valence-corrected chi connectivity index (χ2v) is 5.26. The van der Waals surface area contributed by atoms with Crippen molar-refractivity contribution in [3.05, 3.63) is 58.9 Å². The van der Waals surface area contributed by atoms with Crippen molar-refractivity contribution in [2.75, 3.05) is 10.6 Å².